The summed E-state index contributed by atoms with van der Waals surface area (Å²) in [5, 5.41) is 2.44. The van der Waals surface area contributed by atoms with E-state index in [1.54, 1.807) is 11.8 Å². The highest BCUT2D eigenvalue weighted by atomic mass is 32.2. The molecular formula is C19H18N2O4S2. The highest BCUT2D eigenvalue weighted by molar-refractivity contribution is 7.99. The quantitative estimate of drug-likeness (QED) is 0.614. The van der Waals surface area contributed by atoms with Crippen molar-refractivity contribution in [1.82, 2.24) is 4.31 Å². The van der Waals surface area contributed by atoms with Crippen molar-refractivity contribution in [2.24, 2.45) is 0 Å². The minimum atomic E-state index is -3.73. The normalized spacial score (nSPS) is 19.9. The zero-order valence-corrected chi connectivity index (χ0v) is 16.1. The van der Waals surface area contributed by atoms with Gasteiger partial charge < -0.3 is 5.32 Å². The summed E-state index contributed by atoms with van der Waals surface area (Å²) in [6.45, 7) is 0.463. The number of benzene rings is 2. The summed E-state index contributed by atoms with van der Waals surface area (Å²) in [6, 6.07) is 14.0. The van der Waals surface area contributed by atoms with Gasteiger partial charge in [-0.2, -0.15) is 4.31 Å². The molecule has 27 heavy (non-hydrogen) atoms. The van der Waals surface area contributed by atoms with Crippen molar-refractivity contribution in [3.05, 3.63) is 54.1 Å². The van der Waals surface area contributed by atoms with Crippen molar-refractivity contribution < 1.29 is 18.0 Å². The number of nitrogens with zero attached hydrogens (tertiary/aromatic N) is 1. The molecular weight excluding hydrogens is 384 g/mol. The zero-order chi connectivity index (χ0) is 19.0. The Hall–Kier alpha value is -2.16. The highest BCUT2D eigenvalue weighted by Crippen LogP contribution is 2.32. The van der Waals surface area contributed by atoms with Gasteiger partial charge in [0, 0.05) is 23.2 Å². The maximum absolute atomic E-state index is 13.1. The van der Waals surface area contributed by atoms with Crippen molar-refractivity contribution >= 4 is 39.2 Å². The first-order chi connectivity index (χ1) is 13.0. The molecule has 0 bridgehead atoms. The van der Waals surface area contributed by atoms with Gasteiger partial charge in [-0.05, 0) is 43.2 Å². The second-order valence-electron chi connectivity index (χ2n) is 6.53. The average molecular weight is 402 g/mol. The van der Waals surface area contributed by atoms with E-state index in [9.17, 15) is 18.0 Å². The lowest BCUT2D eigenvalue weighted by Crippen LogP contribution is -2.37. The molecule has 2 aromatic rings. The second kappa shape index (κ2) is 7.10. The maximum Gasteiger partial charge on any atom is 0.296 e. The molecule has 0 saturated carbocycles. The third kappa shape index (κ3) is 3.40. The molecule has 2 aliphatic rings. The van der Waals surface area contributed by atoms with E-state index in [1.165, 1.54) is 22.5 Å². The number of hydrogen-bond donors (Lipinski definition) is 1. The molecule has 0 radical (unpaired) electrons. The SMILES string of the molecule is O=C1Nc2ccc(S(=O)(=O)N3CCC[C@H]3CSc3ccccc3)cc2C1=O. The Bertz CT molecular complexity index is 1010. The van der Waals surface area contributed by atoms with E-state index in [2.05, 4.69) is 5.32 Å². The van der Waals surface area contributed by atoms with Crippen LogP contribution in [0, 0.1) is 0 Å². The van der Waals surface area contributed by atoms with Crippen LogP contribution >= 0.6 is 11.8 Å². The number of anilines is 1. The molecule has 6 nitrogen and oxygen atoms in total. The summed E-state index contributed by atoms with van der Waals surface area (Å²) < 4.78 is 27.8. The number of thioether (sulfide) groups is 1. The Morgan fingerprint density at radius 1 is 1.11 bits per heavy atom. The van der Waals surface area contributed by atoms with Gasteiger partial charge in [0.1, 0.15) is 0 Å². The monoisotopic (exact) mass is 402 g/mol. The van der Waals surface area contributed by atoms with E-state index in [0.717, 1.165) is 17.7 Å². The van der Waals surface area contributed by atoms with E-state index in [1.807, 2.05) is 30.3 Å². The van der Waals surface area contributed by atoms with Crippen LogP contribution in [0.4, 0.5) is 5.69 Å². The number of Topliss-reactive ketones (excluding diaryl/α,β-unsaturated/α-hetero) is 1. The molecule has 2 heterocycles. The van der Waals surface area contributed by atoms with Crippen molar-refractivity contribution in [3.63, 3.8) is 0 Å². The molecule has 8 heteroatoms. The molecule has 0 unspecified atom stereocenters. The maximum atomic E-state index is 13.1. The molecule has 140 valence electrons. The molecule has 2 aromatic carbocycles. The van der Waals surface area contributed by atoms with E-state index in [4.69, 9.17) is 0 Å². The first-order valence-corrected chi connectivity index (χ1v) is 11.1. The van der Waals surface area contributed by atoms with Crippen molar-refractivity contribution in [3.8, 4) is 0 Å². The summed E-state index contributed by atoms with van der Waals surface area (Å²) in [5.74, 6) is -0.745. The first-order valence-electron chi connectivity index (χ1n) is 8.66. The molecule has 0 aromatic heterocycles. The van der Waals surface area contributed by atoms with Crippen LogP contribution in [0.15, 0.2) is 58.3 Å². The molecule has 0 aliphatic carbocycles. The van der Waals surface area contributed by atoms with Gasteiger partial charge in [-0.25, -0.2) is 8.42 Å². The Morgan fingerprint density at radius 2 is 1.89 bits per heavy atom. The molecule has 1 fully saturated rings. The van der Waals surface area contributed by atoms with Crippen LogP contribution in [0.25, 0.3) is 0 Å². The molecule has 0 spiro atoms. The third-order valence-electron chi connectivity index (χ3n) is 4.81. The van der Waals surface area contributed by atoms with Crippen molar-refractivity contribution in [2.75, 3.05) is 17.6 Å². The largest absolute Gasteiger partial charge is 0.318 e. The van der Waals surface area contributed by atoms with Crippen LogP contribution in [0.1, 0.15) is 23.2 Å². The number of sulfonamides is 1. The first kappa shape index (κ1) is 18.2. The van der Waals surface area contributed by atoms with Gasteiger partial charge >= 0.3 is 0 Å². The van der Waals surface area contributed by atoms with E-state index in [-0.39, 0.29) is 16.5 Å². The van der Waals surface area contributed by atoms with Crippen LogP contribution < -0.4 is 5.32 Å². The van der Waals surface area contributed by atoms with Crippen LogP contribution in [-0.2, 0) is 14.8 Å². The van der Waals surface area contributed by atoms with Gasteiger partial charge in [-0.3, -0.25) is 9.59 Å². The number of carbonyl (C=O) groups excluding carboxylic acids is 2. The number of hydrogen-bond acceptors (Lipinski definition) is 5. The van der Waals surface area contributed by atoms with E-state index >= 15 is 0 Å². The Balaban J connectivity index is 1.56. The lowest BCUT2D eigenvalue weighted by molar-refractivity contribution is -0.112. The fourth-order valence-electron chi connectivity index (χ4n) is 3.42. The van der Waals surface area contributed by atoms with E-state index < -0.39 is 21.7 Å². The van der Waals surface area contributed by atoms with Crippen LogP contribution in [0.3, 0.4) is 0 Å². The third-order valence-corrected chi connectivity index (χ3v) is 7.91. The fraction of sp³-hybridized carbons (Fsp3) is 0.263. The summed E-state index contributed by atoms with van der Waals surface area (Å²) >= 11 is 1.64. The Morgan fingerprint density at radius 3 is 2.67 bits per heavy atom. The lowest BCUT2D eigenvalue weighted by atomic mass is 10.1. The number of rotatable bonds is 5. The molecule has 1 N–H and O–H groups in total. The minimum absolute atomic E-state index is 0.0581. The number of nitrogens with one attached hydrogen (secondary N) is 1. The van der Waals surface area contributed by atoms with Gasteiger partial charge in [0.15, 0.2) is 0 Å². The standard InChI is InChI=1S/C19H18N2O4S2/c22-18-16-11-15(8-9-17(16)20-19(18)23)27(24,25)21-10-4-5-13(21)12-26-14-6-2-1-3-7-14/h1-3,6-9,11,13H,4-5,10,12H2,(H,20,22,23)/t13-/m0/s1. The summed E-state index contributed by atoms with van der Waals surface area (Å²) in [7, 11) is -3.73. The van der Waals surface area contributed by atoms with Crippen LogP contribution in [0.2, 0.25) is 0 Å². The van der Waals surface area contributed by atoms with Gasteiger partial charge in [0.05, 0.1) is 16.1 Å². The minimum Gasteiger partial charge on any atom is -0.318 e. The molecule has 1 amide bonds. The van der Waals surface area contributed by atoms with Gasteiger partial charge in [0.2, 0.25) is 10.0 Å². The molecule has 1 saturated heterocycles. The molecule has 2 aliphatic heterocycles. The topological polar surface area (TPSA) is 83.6 Å². The second-order valence-corrected chi connectivity index (χ2v) is 9.51. The van der Waals surface area contributed by atoms with Crippen molar-refractivity contribution in [2.45, 2.75) is 28.7 Å². The number of amides is 1. The van der Waals surface area contributed by atoms with Crippen LogP contribution in [-0.4, -0.2) is 42.8 Å². The van der Waals surface area contributed by atoms with Gasteiger partial charge in [0.25, 0.3) is 11.7 Å². The van der Waals surface area contributed by atoms with Gasteiger partial charge in [-0.15, -0.1) is 11.8 Å². The molecule has 1 atom stereocenters. The highest BCUT2D eigenvalue weighted by Gasteiger charge is 2.37. The van der Waals surface area contributed by atoms with Crippen LogP contribution in [0.5, 0.6) is 0 Å². The van der Waals surface area contributed by atoms with Crippen molar-refractivity contribution in [1.29, 1.82) is 0 Å². The summed E-state index contributed by atoms with van der Waals surface area (Å²) in [6.07, 6.45) is 1.62. The number of carbonyl (C=O) groups is 2. The zero-order valence-electron chi connectivity index (χ0n) is 14.4. The molecule has 4 rings (SSSR count). The number of ketones is 1. The summed E-state index contributed by atoms with van der Waals surface area (Å²) in [5.41, 5.74) is 0.483. The van der Waals surface area contributed by atoms with Gasteiger partial charge in [-0.1, -0.05) is 18.2 Å². The predicted octanol–water partition coefficient (Wildman–Crippen LogP) is 2.77. The lowest BCUT2D eigenvalue weighted by Gasteiger charge is -2.24. The average Bonchev–Trinajstić information content (AvgIpc) is 3.26. The van der Waals surface area contributed by atoms with E-state index in [0.29, 0.717) is 18.0 Å². The number of fused-ring (bicyclic) bond motifs is 1. The predicted molar refractivity (Wildman–Crippen MR) is 103 cm³/mol. The summed E-state index contributed by atoms with van der Waals surface area (Å²) in [4.78, 5) is 24.6. The smallest absolute Gasteiger partial charge is 0.296 e. The Kier molecular flexibility index (Phi) is 4.79. The Labute approximate surface area is 162 Å². The fourth-order valence-corrected chi connectivity index (χ4v) is 6.31.